The van der Waals surface area contributed by atoms with E-state index in [1.54, 1.807) is 0 Å². The number of nitriles is 1. The van der Waals surface area contributed by atoms with Crippen LogP contribution in [0.2, 0.25) is 0 Å². The Bertz CT molecular complexity index is 280. The number of hydrogen-bond donors (Lipinski definition) is 1. The molecular formula is C12H21N3O. The molecule has 0 saturated carbocycles. The molecule has 0 bridgehead atoms. The number of piperazine rings is 1. The molecule has 1 heterocycles. The third kappa shape index (κ3) is 4.19. The molecule has 0 aromatic carbocycles. The number of carbonyl (C=O) groups excluding carboxylic acids is 1. The van der Waals surface area contributed by atoms with Crippen LogP contribution in [0.5, 0.6) is 0 Å². The molecule has 1 fully saturated rings. The molecule has 0 atom stereocenters. The quantitative estimate of drug-likeness (QED) is 0.711. The summed E-state index contributed by atoms with van der Waals surface area (Å²) >= 11 is 0. The average Bonchev–Trinajstić information content (AvgIpc) is 2.27. The van der Waals surface area contributed by atoms with E-state index in [-0.39, 0.29) is 11.3 Å². The smallest absolute Gasteiger partial charge is 0.236 e. The topological polar surface area (TPSA) is 56.1 Å². The fraction of sp³-hybridized carbons (Fsp3) is 0.833. The van der Waals surface area contributed by atoms with Crippen LogP contribution in [0.4, 0.5) is 0 Å². The van der Waals surface area contributed by atoms with Crippen molar-refractivity contribution in [1.82, 2.24) is 10.2 Å². The lowest BCUT2D eigenvalue weighted by atomic mass is 9.89. The van der Waals surface area contributed by atoms with Gasteiger partial charge in [-0.05, 0) is 26.7 Å². The van der Waals surface area contributed by atoms with Gasteiger partial charge in [-0.15, -0.1) is 0 Å². The predicted molar refractivity (Wildman–Crippen MR) is 62.7 cm³/mol. The second-order valence-corrected chi connectivity index (χ2v) is 5.01. The summed E-state index contributed by atoms with van der Waals surface area (Å²) in [5.74, 6) is 0.200. The number of carbonyl (C=O) groups is 1. The Hall–Kier alpha value is -1.08. The van der Waals surface area contributed by atoms with Crippen LogP contribution in [0.3, 0.4) is 0 Å². The molecule has 0 aromatic rings. The average molecular weight is 223 g/mol. The molecule has 1 aliphatic heterocycles. The zero-order chi connectivity index (χ0) is 12.0. The minimum absolute atomic E-state index is 0.200. The van der Waals surface area contributed by atoms with E-state index in [0.717, 1.165) is 38.9 Å². The van der Waals surface area contributed by atoms with Gasteiger partial charge in [0.15, 0.2) is 0 Å². The third-order valence-electron chi connectivity index (χ3n) is 2.97. The Morgan fingerprint density at radius 2 is 2.25 bits per heavy atom. The first kappa shape index (κ1) is 13.0. The fourth-order valence-corrected chi connectivity index (χ4v) is 1.81. The summed E-state index contributed by atoms with van der Waals surface area (Å²) in [6, 6.07) is 2.30. The summed E-state index contributed by atoms with van der Waals surface area (Å²) in [5.41, 5.74) is -0.229. The van der Waals surface area contributed by atoms with Crippen molar-refractivity contribution in [3.05, 3.63) is 0 Å². The minimum Gasteiger partial charge on any atom is -0.340 e. The number of rotatable bonds is 5. The first-order chi connectivity index (χ1) is 7.55. The van der Waals surface area contributed by atoms with E-state index in [9.17, 15) is 4.79 Å². The van der Waals surface area contributed by atoms with Gasteiger partial charge in [0.05, 0.1) is 18.0 Å². The highest BCUT2D eigenvalue weighted by Gasteiger charge is 2.18. The van der Waals surface area contributed by atoms with Gasteiger partial charge in [0.2, 0.25) is 5.91 Å². The van der Waals surface area contributed by atoms with Crippen molar-refractivity contribution < 1.29 is 4.79 Å². The van der Waals surface area contributed by atoms with Crippen molar-refractivity contribution in [2.45, 2.75) is 33.1 Å². The normalized spacial score (nSPS) is 17.3. The zero-order valence-corrected chi connectivity index (χ0v) is 10.3. The molecule has 4 heteroatoms. The standard InChI is InChI=1S/C12H21N3O/c1-12(2,10-13)5-3-4-7-15-8-6-14-9-11(15)16/h14H,3-9H2,1-2H3. The summed E-state index contributed by atoms with van der Waals surface area (Å²) in [4.78, 5) is 13.4. The van der Waals surface area contributed by atoms with Crippen molar-refractivity contribution in [1.29, 1.82) is 5.26 Å². The number of amides is 1. The summed E-state index contributed by atoms with van der Waals surface area (Å²) < 4.78 is 0. The van der Waals surface area contributed by atoms with E-state index in [4.69, 9.17) is 5.26 Å². The lowest BCUT2D eigenvalue weighted by molar-refractivity contribution is -0.131. The number of nitrogens with one attached hydrogen (secondary N) is 1. The van der Waals surface area contributed by atoms with Crippen LogP contribution in [0, 0.1) is 16.7 Å². The van der Waals surface area contributed by atoms with Gasteiger partial charge in [0.1, 0.15) is 0 Å². The van der Waals surface area contributed by atoms with Crippen LogP contribution < -0.4 is 5.32 Å². The van der Waals surface area contributed by atoms with E-state index < -0.39 is 0 Å². The SMILES string of the molecule is CC(C)(C#N)CCCCN1CCNCC1=O. The molecule has 0 aromatic heterocycles. The number of nitrogens with zero attached hydrogens (tertiary/aromatic N) is 2. The first-order valence-electron chi connectivity index (χ1n) is 5.95. The second-order valence-electron chi connectivity index (χ2n) is 5.01. The first-order valence-corrected chi connectivity index (χ1v) is 5.95. The third-order valence-corrected chi connectivity index (χ3v) is 2.97. The summed E-state index contributed by atoms with van der Waals surface area (Å²) in [6.07, 6.45) is 2.92. The van der Waals surface area contributed by atoms with Gasteiger partial charge in [-0.25, -0.2) is 0 Å². The lowest BCUT2D eigenvalue weighted by Gasteiger charge is -2.27. The Morgan fingerprint density at radius 1 is 1.50 bits per heavy atom. The van der Waals surface area contributed by atoms with Crippen LogP contribution in [-0.4, -0.2) is 37.0 Å². The highest BCUT2D eigenvalue weighted by atomic mass is 16.2. The monoisotopic (exact) mass is 223 g/mol. The largest absolute Gasteiger partial charge is 0.340 e. The highest BCUT2D eigenvalue weighted by molar-refractivity contribution is 5.78. The van der Waals surface area contributed by atoms with Crippen LogP contribution in [0.25, 0.3) is 0 Å². The summed E-state index contributed by atoms with van der Waals surface area (Å²) in [5, 5.41) is 11.9. The van der Waals surface area contributed by atoms with Crippen molar-refractivity contribution in [3.63, 3.8) is 0 Å². The van der Waals surface area contributed by atoms with Crippen LogP contribution >= 0.6 is 0 Å². The Morgan fingerprint density at radius 3 is 2.88 bits per heavy atom. The molecule has 90 valence electrons. The molecular weight excluding hydrogens is 202 g/mol. The highest BCUT2D eigenvalue weighted by Crippen LogP contribution is 2.21. The maximum absolute atomic E-state index is 11.5. The van der Waals surface area contributed by atoms with E-state index in [2.05, 4.69) is 11.4 Å². The summed E-state index contributed by atoms with van der Waals surface area (Å²) in [7, 11) is 0. The molecule has 0 spiro atoms. The van der Waals surface area contributed by atoms with Crippen LogP contribution in [0.15, 0.2) is 0 Å². The van der Waals surface area contributed by atoms with Crippen molar-refractivity contribution in [2.75, 3.05) is 26.2 Å². The molecule has 1 aliphatic rings. The maximum atomic E-state index is 11.5. The maximum Gasteiger partial charge on any atom is 0.236 e. The van der Waals surface area contributed by atoms with Gasteiger partial charge < -0.3 is 10.2 Å². The molecule has 16 heavy (non-hydrogen) atoms. The summed E-state index contributed by atoms with van der Waals surface area (Å²) in [6.45, 7) is 6.95. The van der Waals surface area contributed by atoms with E-state index in [1.165, 1.54) is 0 Å². The van der Waals surface area contributed by atoms with Crippen molar-refractivity contribution >= 4 is 5.91 Å². The molecule has 0 unspecified atom stereocenters. The Kier molecular flexibility index (Phi) is 4.75. The van der Waals surface area contributed by atoms with Gasteiger partial charge >= 0.3 is 0 Å². The van der Waals surface area contributed by atoms with Gasteiger partial charge in [-0.1, -0.05) is 6.42 Å². The molecule has 1 amide bonds. The lowest BCUT2D eigenvalue weighted by Crippen LogP contribution is -2.48. The van der Waals surface area contributed by atoms with E-state index in [1.807, 2.05) is 18.7 Å². The van der Waals surface area contributed by atoms with Gasteiger partial charge in [-0.3, -0.25) is 4.79 Å². The Balaban J connectivity index is 2.16. The predicted octanol–water partition coefficient (Wildman–Crippen LogP) is 1.14. The second kappa shape index (κ2) is 5.86. The van der Waals surface area contributed by atoms with Crippen LogP contribution in [0.1, 0.15) is 33.1 Å². The molecule has 4 nitrogen and oxygen atoms in total. The van der Waals surface area contributed by atoms with Gasteiger partial charge in [-0.2, -0.15) is 5.26 Å². The molecule has 0 aliphatic carbocycles. The zero-order valence-electron chi connectivity index (χ0n) is 10.3. The van der Waals surface area contributed by atoms with Crippen molar-refractivity contribution in [3.8, 4) is 6.07 Å². The molecule has 1 saturated heterocycles. The molecule has 1 N–H and O–H groups in total. The van der Waals surface area contributed by atoms with Crippen LogP contribution in [-0.2, 0) is 4.79 Å². The van der Waals surface area contributed by atoms with Gasteiger partial charge in [0.25, 0.3) is 0 Å². The molecule has 1 rings (SSSR count). The van der Waals surface area contributed by atoms with E-state index >= 15 is 0 Å². The van der Waals surface area contributed by atoms with Gasteiger partial charge in [0, 0.05) is 19.6 Å². The fourth-order valence-electron chi connectivity index (χ4n) is 1.81. The Labute approximate surface area is 97.6 Å². The van der Waals surface area contributed by atoms with E-state index in [0.29, 0.717) is 6.54 Å². The molecule has 0 radical (unpaired) electrons. The number of hydrogen-bond acceptors (Lipinski definition) is 3. The number of unbranched alkanes of at least 4 members (excludes halogenated alkanes) is 1. The van der Waals surface area contributed by atoms with Crippen molar-refractivity contribution in [2.24, 2.45) is 5.41 Å². The minimum atomic E-state index is -0.229.